The Bertz CT molecular complexity index is 1170. The minimum Gasteiger partial charge on any atom is -0.320 e. The third kappa shape index (κ3) is 4.48. The van der Waals surface area contributed by atoms with Crippen LogP contribution in [0.25, 0.3) is 21.7 Å². The quantitative estimate of drug-likeness (QED) is 0.376. The third-order valence-electron chi connectivity index (χ3n) is 4.17. The largest absolute Gasteiger partial charge is 0.320 e. The fourth-order valence-electron chi connectivity index (χ4n) is 2.77. The van der Waals surface area contributed by atoms with E-state index in [9.17, 15) is 13.6 Å². The Morgan fingerprint density at radius 2 is 1.80 bits per heavy atom. The molecule has 0 aliphatic rings. The summed E-state index contributed by atoms with van der Waals surface area (Å²) in [6.07, 6.45) is 3.17. The van der Waals surface area contributed by atoms with Crippen LogP contribution in [-0.4, -0.2) is 15.9 Å². The zero-order valence-corrected chi connectivity index (χ0v) is 17.5. The average Bonchev–Trinajstić information content (AvgIpc) is 3.24. The van der Waals surface area contributed by atoms with Crippen molar-refractivity contribution in [2.45, 2.75) is 0 Å². The molecular weight excluding hydrogens is 451 g/mol. The monoisotopic (exact) mass is 463 g/mol. The summed E-state index contributed by atoms with van der Waals surface area (Å²) in [6.45, 7) is 0. The fraction of sp³-hybridized carbons (Fsp3) is 0. The first kappa shape index (κ1) is 21.8. The number of anilines is 1. The van der Waals surface area contributed by atoms with E-state index in [2.05, 4.69) is 15.3 Å². The third-order valence-corrected chi connectivity index (χ3v) is 5.32. The highest BCUT2D eigenvalue weighted by atomic mass is 35.5. The van der Waals surface area contributed by atoms with E-state index in [-0.39, 0.29) is 12.4 Å². The van der Waals surface area contributed by atoms with Crippen LogP contribution in [-0.2, 0) is 0 Å². The first-order valence-electron chi connectivity index (χ1n) is 8.43. The van der Waals surface area contributed by atoms with Crippen LogP contribution < -0.4 is 5.32 Å². The zero-order chi connectivity index (χ0) is 20.4. The second kappa shape index (κ2) is 9.30. The molecule has 2 heterocycles. The molecule has 0 unspecified atom stereocenters. The molecule has 0 saturated heterocycles. The number of amides is 1. The Morgan fingerprint density at radius 1 is 1.03 bits per heavy atom. The van der Waals surface area contributed by atoms with Crippen molar-refractivity contribution >= 4 is 46.9 Å². The van der Waals surface area contributed by atoms with Crippen LogP contribution in [0.3, 0.4) is 0 Å². The van der Waals surface area contributed by atoms with Gasteiger partial charge in [0.25, 0.3) is 5.91 Å². The number of nitrogens with zero attached hydrogens (tertiary/aromatic N) is 2. The number of pyridine rings is 1. The van der Waals surface area contributed by atoms with Crippen molar-refractivity contribution < 1.29 is 13.6 Å². The SMILES string of the molecule is Cl.O=C(Nc1ccc(-c2cc(-c3cncs3)ccc2Cl)nc1)c1c(F)cccc1F. The lowest BCUT2D eigenvalue weighted by molar-refractivity contribution is 0.101. The number of hydrogen-bond acceptors (Lipinski definition) is 4. The maximum Gasteiger partial charge on any atom is 0.261 e. The predicted octanol–water partition coefficient (Wildman–Crippen LogP) is 6.48. The summed E-state index contributed by atoms with van der Waals surface area (Å²) >= 11 is 7.84. The molecule has 0 aliphatic carbocycles. The van der Waals surface area contributed by atoms with Crippen LogP contribution in [0, 0.1) is 11.6 Å². The minimum atomic E-state index is -0.932. The van der Waals surface area contributed by atoms with E-state index in [1.54, 1.807) is 29.9 Å². The van der Waals surface area contributed by atoms with Gasteiger partial charge in [0.15, 0.2) is 0 Å². The van der Waals surface area contributed by atoms with Crippen LogP contribution >= 0.6 is 35.3 Å². The number of nitrogens with one attached hydrogen (secondary N) is 1. The molecule has 0 aliphatic heterocycles. The van der Waals surface area contributed by atoms with Gasteiger partial charge in [0, 0.05) is 16.8 Å². The van der Waals surface area contributed by atoms with E-state index < -0.39 is 23.1 Å². The Labute approximate surface area is 186 Å². The van der Waals surface area contributed by atoms with E-state index in [4.69, 9.17) is 11.6 Å². The molecule has 9 heteroatoms. The Kier molecular flexibility index (Phi) is 6.77. The summed E-state index contributed by atoms with van der Waals surface area (Å²) in [5, 5.41) is 2.97. The van der Waals surface area contributed by atoms with Gasteiger partial charge in [0.05, 0.1) is 28.0 Å². The van der Waals surface area contributed by atoms with Crippen molar-refractivity contribution in [1.82, 2.24) is 9.97 Å². The van der Waals surface area contributed by atoms with Gasteiger partial charge >= 0.3 is 0 Å². The van der Waals surface area contributed by atoms with E-state index in [0.717, 1.165) is 28.1 Å². The molecule has 0 radical (unpaired) electrons. The second-order valence-corrected chi connectivity index (χ2v) is 7.34. The highest BCUT2D eigenvalue weighted by Gasteiger charge is 2.17. The Balaban J connectivity index is 0.00000256. The van der Waals surface area contributed by atoms with Gasteiger partial charge in [0.1, 0.15) is 17.2 Å². The van der Waals surface area contributed by atoms with Crippen LogP contribution in [0.1, 0.15) is 10.4 Å². The van der Waals surface area contributed by atoms with Crippen molar-refractivity contribution in [2.24, 2.45) is 0 Å². The molecule has 1 N–H and O–H groups in total. The van der Waals surface area contributed by atoms with Gasteiger partial charge in [-0.05, 0) is 42.0 Å². The van der Waals surface area contributed by atoms with Gasteiger partial charge in [-0.1, -0.05) is 23.7 Å². The van der Waals surface area contributed by atoms with E-state index in [1.807, 2.05) is 12.1 Å². The Morgan fingerprint density at radius 3 is 2.43 bits per heavy atom. The number of carbonyl (C=O) groups is 1. The minimum absolute atomic E-state index is 0. The molecule has 152 valence electrons. The van der Waals surface area contributed by atoms with Crippen molar-refractivity contribution in [3.63, 3.8) is 0 Å². The first-order valence-corrected chi connectivity index (χ1v) is 9.69. The number of benzene rings is 2. The summed E-state index contributed by atoms with van der Waals surface area (Å²) in [4.78, 5) is 21.6. The average molecular weight is 464 g/mol. The highest BCUT2D eigenvalue weighted by molar-refractivity contribution is 7.13. The lowest BCUT2D eigenvalue weighted by Gasteiger charge is -2.09. The van der Waals surface area contributed by atoms with Gasteiger partial charge in [-0.3, -0.25) is 14.8 Å². The van der Waals surface area contributed by atoms with Crippen molar-refractivity contribution in [3.05, 3.63) is 88.7 Å². The van der Waals surface area contributed by atoms with Crippen molar-refractivity contribution in [2.75, 3.05) is 5.32 Å². The van der Waals surface area contributed by atoms with Gasteiger partial charge in [-0.15, -0.1) is 23.7 Å². The Hall–Kier alpha value is -2.87. The number of hydrogen-bond donors (Lipinski definition) is 1. The van der Waals surface area contributed by atoms with Crippen LogP contribution in [0.4, 0.5) is 14.5 Å². The van der Waals surface area contributed by atoms with E-state index in [0.29, 0.717) is 16.4 Å². The smallest absolute Gasteiger partial charge is 0.261 e. The standard InChI is InChI=1S/C21H12ClF2N3OS.ClH/c22-15-6-4-12(19-10-25-11-29-19)8-14(15)18-7-5-13(9-26-18)27-21(28)20-16(23)2-1-3-17(20)24;/h1-11H,(H,27,28);1H. The fourth-order valence-corrected chi connectivity index (χ4v) is 3.60. The number of halogens is 4. The van der Waals surface area contributed by atoms with Gasteiger partial charge in [-0.25, -0.2) is 8.78 Å². The molecule has 0 fully saturated rings. The summed E-state index contributed by atoms with van der Waals surface area (Å²) in [7, 11) is 0. The normalized spacial score (nSPS) is 10.4. The van der Waals surface area contributed by atoms with Gasteiger partial charge in [0.2, 0.25) is 0 Å². The molecule has 4 nitrogen and oxygen atoms in total. The van der Waals surface area contributed by atoms with Crippen molar-refractivity contribution in [3.8, 4) is 21.7 Å². The maximum atomic E-state index is 13.8. The first-order chi connectivity index (χ1) is 14.0. The molecule has 4 rings (SSSR count). The molecular formula is C21H13Cl2F2N3OS. The molecule has 4 aromatic rings. The number of aromatic nitrogens is 2. The summed E-state index contributed by atoms with van der Waals surface area (Å²) in [5.74, 6) is -2.75. The van der Waals surface area contributed by atoms with E-state index >= 15 is 0 Å². The summed E-state index contributed by atoms with van der Waals surface area (Å²) in [6, 6.07) is 12.1. The lowest BCUT2D eigenvalue weighted by atomic mass is 10.1. The molecule has 2 aromatic heterocycles. The summed E-state index contributed by atoms with van der Waals surface area (Å²) in [5.41, 5.74) is 3.68. The molecule has 2 aromatic carbocycles. The van der Waals surface area contributed by atoms with Gasteiger partial charge < -0.3 is 5.32 Å². The lowest BCUT2D eigenvalue weighted by Crippen LogP contribution is -2.15. The molecule has 1 amide bonds. The predicted molar refractivity (Wildman–Crippen MR) is 117 cm³/mol. The van der Waals surface area contributed by atoms with Crippen molar-refractivity contribution in [1.29, 1.82) is 0 Å². The molecule has 0 saturated carbocycles. The van der Waals surface area contributed by atoms with E-state index in [1.165, 1.54) is 23.6 Å². The number of thiazole rings is 1. The van der Waals surface area contributed by atoms with Crippen LogP contribution in [0.5, 0.6) is 0 Å². The molecule has 30 heavy (non-hydrogen) atoms. The number of carbonyl (C=O) groups excluding carboxylic acids is 1. The topological polar surface area (TPSA) is 54.9 Å². The van der Waals surface area contributed by atoms with Gasteiger partial charge in [-0.2, -0.15) is 0 Å². The second-order valence-electron chi connectivity index (χ2n) is 6.04. The maximum absolute atomic E-state index is 13.8. The zero-order valence-electron chi connectivity index (χ0n) is 15.1. The molecule has 0 spiro atoms. The highest BCUT2D eigenvalue weighted by Crippen LogP contribution is 2.33. The van der Waals surface area contributed by atoms with Crippen LogP contribution in [0.2, 0.25) is 5.02 Å². The summed E-state index contributed by atoms with van der Waals surface area (Å²) < 4.78 is 27.5. The number of rotatable bonds is 4. The molecule has 0 atom stereocenters. The van der Waals surface area contributed by atoms with Crippen LogP contribution in [0.15, 0.2) is 66.4 Å². The molecule has 0 bridgehead atoms.